The Hall–Kier alpha value is -2.93. The van der Waals surface area contributed by atoms with Crippen LogP contribution >= 0.6 is 11.3 Å². The summed E-state index contributed by atoms with van der Waals surface area (Å²) in [6.45, 7) is 1.39. The lowest BCUT2D eigenvalue weighted by Crippen LogP contribution is -2.38. The fraction of sp³-hybridized carbons (Fsp3) is 0.250. The van der Waals surface area contributed by atoms with E-state index in [9.17, 15) is 4.79 Å². The first-order valence-electron chi connectivity index (χ1n) is 9.02. The normalized spacial score (nSPS) is 15.5. The summed E-state index contributed by atoms with van der Waals surface area (Å²) in [5.74, 6) is 1.94. The van der Waals surface area contributed by atoms with Crippen molar-refractivity contribution >= 4 is 28.3 Å². The molecule has 0 unspecified atom stereocenters. The van der Waals surface area contributed by atoms with Gasteiger partial charge in [0.25, 0.3) is 5.91 Å². The number of likely N-dealkylation sites (tertiary alicyclic amines) is 1. The first-order chi connectivity index (χ1) is 13.3. The van der Waals surface area contributed by atoms with Gasteiger partial charge >= 0.3 is 0 Å². The molecule has 1 N–H and O–H groups in total. The molecule has 4 heterocycles. The Bertz CT molecular complexity index is 1040. The van der Waals surface area contributed by atoms with Crippen LogP contribution in [0.25, 0.3) is 21.7 Å². The molecule has 0 saturated carbocycles. The largest absolute Gasteiger partial charge is 0.355 e. The highest BCUT2D eigenvalue weighted by molar-refractivity contribution is 7.13. The van der Waals surface area contributed by atoms with E-state index in [0.29, 0.717) is 30.5 Å². The summed E-state index contributed by atoms with van der Waals surface area (Å²) in [6, 6.07) is 13.7. The lowest BCUT2D eigenvalue weighted by atomic mass is 9.96. The quantitative estimate of drug-likeness (QED) is 0.577. The van der Waals surface area contributed by atoms with Crippen molar-refractivity contribution in [3.8, 4) is 10.6 Å². The van der Waals surface area contributed by atoms with Crippen LogP contribution in [0.3, 0.4) is 0 Å². The number of piperidine rings is 1. The number of carbonyl (C=O) groups excluding carboxylic acids is 1. The summed E-state index contributed by atoms with van der Waals surface area (Å²) in [7, 11) is 0. The second-order valence-electron chi connectivity index (χ2n) is 6.76. The van der Waals surface area contributed by atoms with Gasteiger partial charge in [0.05, 0.1) is 15.9 Å². The molecule has 0 spiro atoms. The van der Waals surface area contributed by atoms with Crippen molar-refractivity contribution in [3.63, 3.8) is 0 Å². The van der Waals surface area contributed by atoms with Crippen molar-refractivity contribution in [2.45, 2.75) is 18.8 Å². The smallest absolute Gasteiger partial charge is 0.276 e. The fourth-order valence-electron chi connectivity index (χ4n) is 3.59. The minimum atomic E-state index is -0.0652. The lowest BCUT2D eigenvalue weighted by molar-refractivity contribution is 0.0701. The van der Waals surface area contributed by atoms with Gasteiger partial charge in [-0.3, -0.25) is 4.79 Å². The number of benzene rings is 1. The third kappa shape index (κ3) is 3.04. The standard InChI is InChI=1S/C20H18N4O2S/c25-20(16-12-17(26-23-16)18-6-3-11-27-18)24-9-7-13(8-10-24)19-21-14-4-1-2-5-15(14)22-19/h1-6,11-13H,7-10H2,(H,21,22). The molecule has 4 aromatic rings. The number of nitrogens with zero attached hydrogens (tertiary/aromatic N) is 3. The number of hydrogen-bond donors (Lipinski definition) is 1. The first kappa shape index (κ1) is 16.3. The van der Waals surface area contributed by atoms with Gasteiger partial charge in [-0.1, -0.05) is 23.4 Å². The summed E-state index contributed by atoms with van der Waals surface area (Å²) in [5, 5.41) is 5.95. The monoisotopic (exact) mass is 378 g/mol. The molecule has 3 aromatic heterocycles. The number of carbonyl (C=O) groups is 1. The fourth-order valence-corrected chi connectivity index (χ4v) is 4.27. The van der Waals surface area contributed by atoms with Crippen LogP contribution in [-0.2, 0) is 0 Å². The average molecular weight is 378 g/mol. The summed E-state index contributed by atoms with van der Waals surface area (Å²) >= 11 is 1.57. The van der Waals surface area contributed by atoms with Crippen molar-refractivity contribution in [3.05, 3.63) is 59.4 Å². The molecule has 1 aromatic carbocycles. The number of imidazole rings is 1. The van der Waals surface area contributed by atoms with E-state index in [1.54, 1.807) is 17.4 Å². The second kappa shape index (κ2) is 6.66. The topological polar surface area (TPSA) is 75.0 Å². The Morgan fingerprint density at radius 1 is 1.19 bits per heavy atom. The lowest BCUT2D eigenvalue weighted by Gasteiger charge is -2.30. The number of thiophene rings is 1. The molecule has 1 amide bonds. The van der Waals surface area contributed by atoms with Crippen molar-refractivity contribution in [2.75, 3.05) is 13.1 Å². The molecule has 1 saturated heterocycles. The predicted octanol–water partition coefficient (Wildman–Crippen LogP) is 4.30. The summed E-state index contributed by atoms with van der Waals surface area (Å²) in [4.78, 5) is 23.7. The summed E-state index contributed by atoms with van der Waals surface area (Å²) in [5.41, 5.74) is 2.44. The van der Waals surface area contributed by atoms with Gasteiger partial charge < -0.3 is 14.4 Å². The second-order valence-corrected chi connectivity index (χ2v) is 7.71. The molecule has 0 aliphatic carbocycles. The Morgan fingerprint density at radius 2 is 2.04 bits per heavy atom. The van der Waals surface area contributed by atoms with Gasteiger partial charge in [-0.25, -0.2) is 4.98 Å². The van der Waals surface area contributed by atoms with Crippen LogP contribution in [0.2, 0.25) is 0 Å². The molecule has 5 rings (SSSR count). The number of para-hydroxylation sites is 2. The van der Waals surface area contributed by atoms with Crippen LogP contribution < -0.4 is 0 Å². The number of rotatable bonds is 3. The van der Waals surface area contributed by atoms with E-state index in [2.05, 4.69) is 10.1 Å². The molecule has 1 aliphatic heterocycles. The maximum atomic E-state index is 12.8. The van der Waals surface area contributed by atoms with Gasteiger partial charge in [-0.05, 0) is 36.4 Å². The molecule has 27 heavy (non-hydrogen) atoms. The van der Waals surface area contributed by atoms with E-state index >= 15 is 0 Å². The van der Waals surface area contributed by atoms with Crippen molar-refractivity contribution < 1.29 is 9.32 Å². The zero-order valence-corrected chi connectivity index (χ0v) is 15.4. The van der Waals surface area contributed by atoms with Crippen LogP contribution in [0.1, 0.15) is 35.1 Å². The molecule has 1 aliphatic rings. The zero-order chi connectivity index (χ0) is 18.2. The van der Waals surface area contributed by atoms with Gasteiger partial charge in [-0.2, -0.15) is 0 Å². The number of aromatic amines is 1. The van der Waals surface area contributed by atoms with Gasteiger partial charge in [0.15, 0.2) is 11.5 Å². The maximum Gasteiger partial charge on any atom is 0.276 e. The SMILES string of the molecule is O=C(c1cc(-c2cccs2)on1)N1CCC(c2nc3ccccc3[nH]2)CC1. The molecule has 0 bridgehead atoms. The number of hydrogen-bond acceptors (Lipinski definition) is 5. The summed E-state index contributed by atoms with van der Waals surface area (Å²) in [6.07, 6.45) is 1.78. The number of amides is 1. The third-order valence-electron chi connectivity index (χ3n) is 5.07. The van der Waals surface area contributed by atoms with Crippen LogP contribution in [0.4, 0.5) is 0 Å². The van der Waals surface area contributed by atoms with Crippen molar-refractivity contribution in [1.29, 1.82) is 0 Å². The minimum absolute atomic E-state index is 0.0652. The number of fused-ring (bicyclic) bond motifs is 1. The van der Waals surface area contributed by atoms with E-state index in [1.807, 2.05) is 46.7 Å². The summed E-state index contributed by atoms with van der Waals surface area (Å²) < 4.78 is 5.34. The molecule has 6 nitrogen and oxygen atoms in total. The molecular weight excluding hydrogens is 360 g/mol. The Labute approximate surface area is 159 Å². The highest BCUT2D eigenvalue weighted by Crippen LogP contribution is 2.29. The molecular formula is C20H18N4O2S. The average Bonchev–Trinajstić information content (AvgIpc) is 3.47. The Morgan fingerprint density at radius 3 is 2.81 bits per heavy atom. The van der Waals surface area contributed by atoms with Crippen LogP contribution in [0.15, 0.2) is 52.4 Å². The molecule has 0 radical (unpaired) electrons. The number of H-pyrrole nitrogens is 1. The van der Waals surface area contributed by atoms with Gasteiger partial charge in [0.1, 0.15) is 5.82 Å². The highest BCUT2D eigenvalue weighted by Gasteiger charge is 2.28. The van der Waals surface area contributed by atoms with Crippen LogP contribution in [0.5, 0.6) is 0 Å². The highest BCUT2D eigenvalue weighted by atomic mass is 32.1. The van der Waals surface area contributed by atoms with Crippen molar-refractivity contribution in [2.24, 2.45) is 0 Å². The minimum Gasteiger partial charge on any atom is -0.355 e. The number of aromatic nitrogens is 3. The van der Waals surface area contributed by atoms with E-state index in [-0.39, 0.29) is 5.91 Å². The van der Waals surface area contributed by atoms with Gasteiger partial charge in [0.2, 0.25) is 0 Å². The number of nitrogens with one attached hydrogen (secondary N) is 1. The van der Waals surface area contributed by atoms with Gasteiger partial charge in [0, 0.05) is 25.1 Å². The first-order valence-corrected chi connectivity index (χ1v) is 9.90. The molecule has 7 heteroatoms. The molecule has 1 fully saturated rings. The van der Waals surface area contributed by atoms with E-state index in [4.69, 9.17) is 9.51 Å². The Balaban J connectivity index is 1.26. The van der Waals surface area contributed by atoms with Gasteiger partial charge in [-0.15, -0.1) is 11.3 Å². The Kier molecular flexibility index (Phi) is 4.01. The van der Waals surface area contributed by atoms with E-state index < -0.39 is 0 Å². The van der Waals surface area contributed by atoms with E-state index in [0.717, 1.165) is 34.6 Å². The molecule has 0 atom stereocenters. The maximum absolute atomic E-state index is 12.8. The zero-order valence-electron chi connectivity index (χ0n) is 14.6. The third-order valence-corrected chi connectivity index (χ3v) is 5.95. The van der Waals surface area contributed by atoms with Crippen LogP contribution in [0, 0.1) is 0 Å². The predicted molar refractivity (Wildman–Crippen MR) is 104 cm³/mol. The van der Waals surface area contributed by atoms with Crippen LogP contribution in [-0.4, -0.2) is 39.0 Å². The van der Waals surface area contributed by atoms with E-state index in [1.165, 1.54) is 0 Å². The molecule has 136 valence electrons. The van der Waals surface area contributed by atoms with Crippen molar-refractivity contribution in [1.82, 2.24) is 20.0 Å².